The average Bonchev–Trinajstić information content (AvgIpc) is 2.29. The van der Waals surface area contributed by atoms with Crippen LogP contribution in [0, 0.1) is 0 Å². The first kappa shape index (κ1) is 7.91. The van der Waals surface area contributed by atoms with Gasteiger partial charge in [0.2, 0.25) is 0 Å². The first-order valence-electron chi connectivity index (χ1n) is 3.94. The number of amides is 3. The molecule has 0 bridgehead atoms. The van der Waals surface area contributed by atoms with Crippen LogP contribution in [-0.2, 0) is 4.79 Å². The summed E-state index contributed by atoms with van der Waals surface area (Å²) in [5, 5.41) is 4.97. The number of hydrogen-bond acceptors (Lipinski definition) is 3. The summed E-state index contributed by atoms with van der Waals surface area (Å²) in [5.41, 5.74) is -0.583. The van der Waals surface area contributed by atoms with E-state index >= 15 is 0 Å². The van der Waals surface area contributed by atoms with Gasteiger partial charge >= 0.3 is 6.03 Å². The fourth-order valence-corrected chi connectivity index (χ4v) is 2.79. The van der Waals surface area contributed by atoms with E-state index < -0.39 is 5.54 Å². The maximum absolute atomic E-state index is 11.4. The van der Waals surface area contributed by atoms with Gasteiger partial charge in [0, 0.05) is 5.75 Å². The standard InChI is InChI=1S/C7H10N2O2S/c10-5-7(9-6(11)8-5)2-1-3-12-4-7/h1-4H2,(H2,8,9,10,11). The molecule has 2 N–H and O–H groups in total. The van der Waals surface area contributed by atoms with E-state index in [0.717, 1.165) is 18.6 Å². The topological polar surface area (TPSA) is 58.2 Å². The Balaban J connectivity index is 2.18. The van der Waals surface area contributed by atoms with Crippen molar-refractivity contribution in [3.63, 3.8) is 0 Å². The average molecular weight is 186 g/mol. The van der Waals surface area contributed by atoms with Crippen LogP contribution in [0.1, 0.15) is 12.8 Å². The molecule has 1 atom stereocenters. The second-order valence-corrected chi connectivity index (χ2v) is 4.25. The zero-order chi connectivity index (χ0) is 8.60. The molecule has 1 spiro atoms. The van der Waals surface area contributed by atoms with Crippen molar-refractivity contribution in [3.8, 4) is 0 Å². The van der Waals surface area contributed by atoms with Crippen molar-refractivity contribution in [1.29, 1.82) is 0 Å². The van der Waals surface area contributed by atoms with E-state index in [1.165, 1.54) is 0 Å². The summed E-state index contributed by atoms with van der Waals surface area (Å²) in [4.78, 5) is 22.2. The van der Waals surface area contributed by atoms with E-state index in [1.54, 1.807) is 11.8 Å². The fourth-order valence-electron chi connectivity index (χ4n) is 1.60. The Kier molecular flexibility index (Phi) is 1.75. The molecule has 5 heteroatoms. The lowest BCUT2D eigenvalue weighted by atomic mass is 9.96. The Morgan fingerprint density at radius 3 is 2.75 bits per heavy atom. The largest absolute Gasteiger partial charge is 0.322 e. The molecule has 2 saturated heterocycles. The molecule has 2 aliphatic rings. The third kappa shape index (κ3) is 1.08. The number of nitrogens with one attached hydrogen (secondary N) is 2. The number of imide groups is 1. The van der Waals surface area contributed by atoms with Crippen molar-refractivity contribution in [3.05, 3.63) is 0 Å². The smallest absolute Gasteiger partial charge is 0.322 e. The normalized spacial score (nSPS) is 35.0. The summed E-state index contributed by atoms with van der Waals surface area (Å²) < 4.78 is 0. The van der Waals surface area contributed by atoms with E-state index in [2.05, 4.69) is 10.6 Å². The summed E-state index contributed by atoms with van der Waals surface area (Å²) in [6.45, 7) is 0. The van der Waals surface area contributed by atoms with Gasteiger partial charge in [0.25, 0.3) is 5.91 Å². The monoisotopic (exact) mass is 186 g/mol. The molecular weight excluding hydrogens is 176 g/mol. The zero-order valence-corrected chi connectivity index (χ0v) is 7.37. The quantitative estimate of drug-likeness (QED) is 0.527. The van der Waals surface area contributed by atoms with E-state index in [-0.39, 0.29) is 11.9 Å². The summed E-state index contributed by atoms with van der Waals surface area (Å²) in [7, 11) is 0. The van der Waals surface area contributed by atoms with Crippen LogP contribution in [0.3, 0.4) is 0 Å². The van der Waals surface area contributed by atoms with Crippen LogP contribution in [0.25, 0.3) is 0 Å². The fraction of sp³-hybridized carbons (Fsp3) is 0.714. The van der Waals surface area contributed by atoms with Crippen molar-refractivity contribution >= 4 is 23.7 Å². The lowest BCUT2D eigenvalue weighted by Crippen LogP contribution is -2.50. The van der Waals surface area contributed by atoms with Gasteiger partial charge in [-0.3, -0.25) is 10.1 Å². The van der Waals surface area contributed by atoms with Gasteiger partial charge in [-0.15, -0.1) is 0 Å². The highest BCUT2D eigenvalue weighted by Crippen LogP contribution is 2.28. The summed E-state index contributed by atoms with van der Waals surface area (Å²) in [6, 6.07) is -0.345. The maximum atomic E-state index is 11.4. The van der Waals surface area contributed by atoms with E-state index in [4.69, 9.17) is 0 Å². The molecule has 1 unspecified atom stereocenters. The number of thioether (sulfide) groups is 1. The van der Waals surface area contributed by atoms with E-state index in [0.29, 0.717) is 5.75 Å². The number of carbonyl (C=O) groups excluding carboxylic acids is 2. The predicted octanol–water partition coefficient (Wildman–Crippen LogP) is 0.0916. The Bertz CT molecular complexity index is 236. The number of hydrogen-bond donors (Lipinski definition) is 2. The van der Waals surface area contributed by atoms with Crippen molar-refractivity contribution < 1.29 is 9.59 Å². The van der Waals surface area contributed by atoms with Gasteiger partial charge in [0.1, 0.15) is 5.54 Å². The molecule has 2 rings (SSSR count). The first-order chi connectivity index (χ1) is 5.73. The van der Waals surface area contributed by atoms with Crippen LogP contribution in [0.4, 0.5) is 4.79 Å². The summed E-state index contributed by atoms with van der Waals surface area (Å²) in [5.74, 6) is 1.65. The molecular formula is C7H10N2O2S. The lowest BCUT2D eigenvalue weighted by Gasteiger charge is -2.29. The molecule has 4 nitrogen and oxygen atoms in total. The number of carbonyl (C=O) groups is 2. The SMILES string of the molecule is O=C1NC(=O)C2(CCCSC2)N1. The lowest BCUT2D eigenvalue weighted by molar-refractivity contribution is -0.123. The molecule has 0 saturated carbocycles. The van der Waals surface area contributed by atoms with Crippen LogP contribution < -0.4 is 10.6 Å². The van der Waals surface area contributed by atoms with Gasteiger partial charge in [-0.2, -0.15) is 11.8 Å². The molecule has 0 aromatic rings. The molecule has 66 valence electrons. The maximum Gasteiger partial charge on any atom is 0.322 e. The van der Waals surface area contributed by atoms with Gasteiger partial charge in [-0.1, -0.05) is 0 Å². The minimum Gasteiger partial charge on any atom is -0.322 e. The third-order valence-corrected chi connectivity index (χ3v) is 3.53. The number of rotatable bonds is 0. The highest BCUT2D eigenvalue weighted by atomic mass is 32.2. The first-order valence-corrected chi connectivity index (χ1v) is 5.10. The van der Waals surface area contributed by atoms with Crippen LogP contribution in [-0.4, -0.2) is 29.0 Å². The second kappa shape index (κ2) is 2.65. The molecule has 0 aromatic heterocycles. The summed E-state index contributed by atoms with van der Waals surface area (Å²) >= 11 is 1.72. The molecule has 2 heterocycles. The van der Waals surface area contributed by atoms with Gasteiger partial charge in [0.05, 0.1) is 0 Å². The van der Waals surface area contributed by atoms with Crippen LogP contribution in [0.15, 0.2) is 0 Å². The predicted molar refractivity (Wildman–Crippen MR) is 46.0 cm³/mol. The Hall–Kier alpha value is -0.710. The Labute approximate surface area is 74.5 Å². The minimum atomic E-state index is -0.583. The summed E-state index contributed by atoms with van der Waals surface area (Å²) in [6.07, 6.45) is 1.77. The molecule has 3 amide bonds. The van der Waals surface area contributed by atoms with Crippen molar-refractivity contribution in [1.82, 2.24) is 10.6 Å². The van der Waals surface area contributed by atoms with Crippen LogP contribution >= 0.6 is 11.8 Å². The molecule has 0 aromatic carbocycles. The van der Waals surface area contributed by atoms with Crippen LogP contribution in [0.2, 0.25) is 0 Å². The highest BCUT2D eigenvalue weighted by Gasteiger charge is 2.46. The van der Waals surface area contributed by atoms with Gasteiger partial charge in [-0.05, 0) is 18.6 Å². The number of urea groups is 1. The van der Waals surface area contributed by atoms with Crippen molar-refractivity contribution in [2.45, 2.75) is 18.4 Å². The van der Waals surface area contributed by atoms with Crippen molar-refractivity contribution in [2.75, 3.05) is 11.5 Å². The van der Waals surface area contributed by atoms with E-state index in [1.807, 2.05) is 0 Å². The Morgan fingerprint density at radius 2 is 2.25 bits per heavy atom. The van der Waals surface area contributed by atoms with E-state index in [9.17, 15) is 9.59 Å². The Morgan fingerprint density at radius 1 is 1.42 bits per heavy atom. The minimum absolute atomic E-state index is 0.153. The van der Waals surface area contributed by atoms with Crippen molar-refractivity contribution in [2.24, 2.45) is 0 Å². The molecule has 2 fully saturated rings. The van der Waals surface area contributed by atoms with Gasteiger partial charge in [0.15, 0.2) is 0 Å². The van der Waals surface area contributed by atoms with Gasteiger partial charge in [-0.25, -0.2) is 4.79 Å². The van der Waals surface area contributed by atoms with Crippen LogP contribution in [0.5, 0.6) is 0 Å². The third-order valence-electron chi connectivity index (χ3n) is 2.26. The molecule has 0 radical (unpaired) electrons. The van der Waals surface area contributed by atoms with Gasteiger partial charge < -0.3 is 5.32 Å². The molecule has 0 aliphatic carbocycles. The molecule has 12 heavy (non-hydrogen) atoms. The second-order valence-electron chi connectivity index (χ2n) is 3.15. The zero-order valence-electron chi connectivity index (χ0n) is 6.55. The molecule has 2 aliphatic heterocycles. The highest BCUT2D eigenvalue weighted by molar-refractivity contribution is 7.99.